The number of hydrogen-bond acceptors (Lipinski definition) is 3. The Morgan fingerprint density at radius 3 is 3.07 bits per heavy atom. The Balaban J connectivity index is 2.70. The maximum atomic E-state index is 9.06. The number of fused-ring (bicyclic) bond motifs is 1. The molecule has 2 aromatic heterocycles. The van der Waals surface area contributed by atoms with Crippen molar-refractivity contribution in [3.05, 3.63) is 29.0 Å². The van der Waals surface area contributed by atoms with E-state index >= 15 is 0 Å². The summed E-state index contributed by atoms with van der Waals surface area (Å²) in [6, 6.07) is 5.73. The molecule has 0 bridgehead atoms. The zero-order valence-electron chi connectivity index (χ0n) is 8.07. The second kappa shape index (κ2) is 4.13. The first-order chi connectivity index (χ1) is 7.26. The van der Waals surface area contributed by atoms with Gasteiger partial charge in [0.2, 0.25) is 0 Å². The largest absolute Gasteiger partial charge is 0.289 e. The lowest BCUT2D eigenvalue weighted by atomic mass is 10.4. The van der Waals surface area contributed by atoms with Gasteiger partial charge in [0.1, 0.15) is 16.7 Å². The molecule has 0 aromatic carbocycles. The van der Waals surface area contributed by atoms with Crippen molar-refractivity contribution in [2.45, 2.75) is 11.9 Å². The van der Waals surface area contributed by atoms with Crippen LogP contribution >= 0.6 is 23.4 Å². The van der Waals surface area contributed by atoms with Crippen molar-refractivity contribution in [3.8, 4) is 6.07 Å². The summed E-state index contributed by atoms with van der Waals surface area (Å²) in [5.74, 6) is 0.895. The average molecular weight is 238 g/mol. The van der Waals surface area contributed by atoms with Crippen LogP contribution in [0, 0.1) is 11.3 Å². The van der Waals surface area contributed by atoms with E-state index in [1.165, 1.54) is 0 Å². The van der Waals surface area contributed by atoms with E-state index in [1.807, 2.05) is 13.0 Å². The molecule has 0 unspecified atom stereocenters. The van der Waals surface area contributed by atoms with E-state index in [0.29, 0.717) is 10.7 Å². The standard InChI is InChI=1S/C10H8ClN3S/c1-2-15-10-8(5-12)14-6-7(11)3-4-9(14)13-10/h3-4,6H,2H2,1H3. The number of halogens is 1. The van der Waals surface area contributed by atoms with Crippen LogP contribution in [0.3, 0.4) is 0 Å². The average Bonchev–Trinajstić information content (AvgIpc) is 2.55. The topological polar surface area (TPSA) is 41.1 Å². The summed E-state index contributed by atoms with van der Waals surface area (Å²) in [7, 11) is 0. The number of imidazole rings is 1. The Morgan fingerprint density at radius 2 is 2.40 bits per heavy atom. The zero-order valence-corrected chi connectivity index (χ0v) is 9.64. The molecule has 0 N–H and O–H groups in total. The van der Waals surface area contributed by atoms with Gasteiger partial charge in [-0.25, -0.2) is 4.98 Å². The summed E-state index contributed by atoms with van der Waals surface area (Å²) in [5, 5.41) is 10.4. The van der Waals surface area contributed by atoms with Crippen LogP contribution in [0.5, 0.6) is 0 Å². The molecule has 76 valence electrons. The number of pyridine rings is 1. The van der Waals surface area contributed by atoms with Crippen molar-refractivity contribution in [3.63, 3.8) is 0 Å². The monoisotopic (exact) mass is 237 g/mol. The lowest BCUT2D eigenvalue weighted by Crippen LogP contribution is -1.87. The van der Waals surface area contributed by atoms with Gasteiger partial charge in [0.15, 0.2) is 5.69 Å². The molecule has 0 amide bonds. The van der Waals surface area contributed by atoms with E-state index in [1.54, 1.807) is 28.4 Å². The SMILES string of the molecule is CCSc1nc2ccc(Cl)cn2c1C#N. The van der Waals surface area contributed by atoms with Gasteiger partial charge < -0.3 is 0 Å². The number of hydrogen-bond donors (Lipinski definition) is 0. The molecular formula is C10H8ClN3S. The molecule has 0 spiro atoms. The fourth-order valence-corrected chi connectivity index (χ4v) is 2.21. The molecule has 0 atom stereocenters. The van der Waals surface area contributed by atoms with E-state index in [4.69, 9.17) is 16.9 Å². The predicted octanol–water partition coefficient (Wildman–Crippen LogP) is 2.97. The quantitative estimate of drug-likeness (QED) is 0.754. The summed E-state index contributed by atoms with van der Waals surface area (Å²) in [4.78, 5) is 4.36. The van der Waals surface area contributed by atoms with Crippen molar-refractivity contribution < 1.29 is 0 Å². The fraction of sp³-hybridized carbons (Fsp3) is 0.200. The smallest absolute Gasteiger partial charge is 0.158 e. The molecule has 2 rings (SSSR count). The molecular weight excluding hydrogens is 230 g/mol. The molecule has 0 aliphatic rings. The molecule has 0 radical (unpaired) electrons. The number of rotatable bonds is 2. The number of nitrogens with zero attached hydrogens (tertiary/aromatic N) is 3. The van der Waals surface area contributed by atoms with Gasteiger partial charge in [0.05, 0.1) is 5.02 Å². The highest BCUT2D eigenvalue weighted by Crippen LogP contribution is 2.23. The minimum absolute atomic E-state index is 0.555. The summed E-state index contributed by atoms with van der Waals surface area (Å²) >= 11 is 7.43. The lowest BCUT2D eigenvalue weighted by Gasteiger charge is -1.95. The Bertz CT molecular complexity index is 541. The van der Waals surface area contributed by atoms with Crippen LogP contribution in [-0.4, -0.2) is 15.1 Å². The van der Waals surface area contributed by atoms with Crippen LogP contribution in [-0.2, 0) is 0 Å². The van der Waals surface area contributed by atoms with Gasteiger partial charge in [-0.05, 0) is 17.9 Å². The van der Waals surface area contributed by atoms with Crippen LogP contribution in [0.25, 0.3) is 5.65 Å². The maximum Gasteiger partial charge on any atom is 0.158 e. The highest BCUT2D eigenvalue weighted by Gasteiger charge is 2.11. The summed E-state index contributed by atoms with van der Waals surface area (Å²) in [6.07, 6.45) is 1.71. The second-order valence-electron chi connectivity index (χ2n) is 2.89. The van der Waals surface area contributed by atoms with E-state index in [0.717, 1.165) is 16.4 Å². The van der Waals surface area contributed by atoms with E-state index in [9.17, 15) is 0 Å². The van der Waals surface area contributed by atoms with Gasteiger partial charge in [0, 0.05) is 6.20 Å². The van der Waals surface area contributed by atoms with Gasteiger partial charge in [-0.15, -0.1) is 11.8 Å². The zero-order chi connectivity index (χ0) is 10.8. The molecule has 0 saturated heterocycles. The van der Waals surface area contributed by atoms with Crippen molar-refractivity contribution >= 4 is 29.0 Å². The predicted molar refractivity (Wildman–Crippen MR) is 61.3 cm³/mol. The van der Waals surface area contributed by atoms with Crippen molar-refractivity contribution in [2.75, 3.05) is 5.75 Å². The Hall–Kier alpha value is -1.18. The molecule has 5 heteroatoms. The third-order valence-electron chi connectivity index (χ3n) is 1.94. The van der Waals surface area contributed by atoms with Gasteiger partial charge in [-0.2, -0.15) is 5.26 Å². The minimum atomic E-state index is 0.555. The molecule has 2 aromatic rings. The van der Waals surface area contributed by atoms with Crippen LogP contribution in [0.2, 0.25) is 5.02 Å². The van der Waals surface area contributed by atoms with E-state index in [2.05, 4.69) is 11.1 Å². The fourth-order valence-electron chi connectivity index (χ4n) is 1.34. The van der Waals surface area contributed by atoms with Crippen molar-refractivity contribution in [1.82, 2.24) is 9.38 Å². The first-order valence-electron chi connectivity index (χ1n) is 4.46. The molecule has 0 saturated carbocycles. The van der Waals surface area contributed by atoms with Gasteiger partial charge in [0.25, 0.3) is 0 Å². The van der Waals surface area contributed by atoms with E-state index in [-0.39, 0.29) is 0 Å². The lowest BCUT2D eigenvalue weighted by molar-refractivity contribution is 1.13. The number of aromatic nitrogens is 2. The molecule has 0 aliphatic heterocycles. The number of nitriles is 1. The maximum absolute atomic E-state index is 9.06. The van der Waals surface area contributed by atoms with Gasteiger partial charge in [-0.1, -0.05) is 18.5 Å². The highest BCUT2D eigenvalue weighted by atomic mass is 35.5. The third-order valence-corrected chi connectivity index (χ3v) is 3.01. The van der Waals surface area contributed by atoms with Crippen LogP contribution in [0.4, 0.5) is 0 Å². The first-order valence-corrected chi connectivity index (χ1v) is 5.83. The Morgan fingerprint density at radius 1 is 1.60 bits per heavy atom. The van der Waals surface area contributed by atoms with Crippen LogP contribution in [0.15, 0.2) is 23.4 Å². The Labute approximate surface area is 96.7 Å². The first kappa shape index (κ1) is 10.3. The van der Waals surface area contributed by atoms with Crippen LogP contribution in [0.1, 0.15) is 12.6 Å². The molecule has 3 nitrogen and oxygen atoms in total. The minimum Gasteiger partial charge on any atom is -0.289 e. The van der Waals surface area contributed by atoms with Crippen LogP contribution < -0.4 is 0 Å². The second-order valence-corrected chi connectivity index (χ2v) is 4.58. The molecule has 15 heavy (non-hydrogen) atoms. The third kappa shape index (κ3) is 1.81. The van der Waals surface area contributed by atoms with Crippen molar-refractivity contribution in [1.29, 1.82) is 5.26 Å². The van der Waals surface area contributed by atoms with E-state index < -0.39 is 0 Å². The Kier molecular flexibility index (Phi) is 2.85. The van der Waals surface area contributed by atoms with Gasteiger partial charge >= 0.3 is 0 Å². The summed E-state index contributed by atoms with van der Waals surface area (Å²) in [6.45, 7) is 2.03. The molecule has 0 fully saturated rings. The number of thioether (sulfide) groups is 1. The summed E-state index contributed by atoms with van der Waals surface area (Å²) < 4.78 is 1.72. The summed E-state index contributed by atoms with van der Waals surface area (Å²) in [5.41, 5.74) is 1.31. The normalized spacial score (nSPS) is 10.5. The molecule has 0 aliphatic carbocycles. The van der Waals surface area contributed by atoms with Gasteiger partial charge in [-0.3, -0.25) is 4.40 Å². The van der Waals surface area contributed by atoms with Crippen molar-refractivity contribution in [2.24, 2.45) is 0 Å². The highest BCUT2D eigenvalue weighted by molar-refractivity contribution is 7.99. The molecule has 2 heterocycles.